The summed E-state index contributed by atoms with van der Waals surface area (Å²) < 4.78 is 0. The molecule has 1 amide bonds. The van der Waals surface area contributed by atoms with Gasteiger partial charge < -0.3 is 15.5 Å². The van der Waals surface area contributed by atoms with E-state index in [2.05, 4.69) is 26.1 Å². The zero-order valence-corrected chi connectivity index (χ0v) is 13.3. The Morgan fingerprint density at radius 2 is 1.95 bits per heavy atom. The number of aliphatic hydroxyl groups excluding tert-OH is 1. The number of benzene rings is 1. The van der Waals surface area contributed by atoms with Crippen LogP contribution < -0.4 is 5.32 Å². The lowest BCUT2D eigenvalue weighted by atomic mass is 9.85. The molecule has 1 aromatic carbocycles. The third-order valence-corrected chi connectivity index (χ3v) is 3.42. The molecule has 0 unspecified atom stereocenters. The summed E-state index contributed by atoms with van der Waals surface area (Å²) >= 11 is 0. The maximum absolute atomic E-state index is 11.7. The van der Waals surface area contributed by atoms with Crippen LogP contribution in [0.15, 0.2) is 18.2 Å². The van der Waals surface area contributed by atoms with Crippen LogP contribution in [0.1, 0.15) is 51.2 Å². The Morgan fingerprint density at radius 3 is 2.57 bits per heavy atom. The van der Waals surface area contributed by atoms with Gasteiger partial charge in [-0.15, -0.1) is 0 Å². The average Bonchev–Trinajstić information content (AvgIpc) is 2.41. The van der Waals surface area contributed by atoms with Crippen molar-refractivity contribution in [3.63, 3.8) is 0 Å². The van der Waals surface area contributed by atoms with Crippen LogP contribution in [-0.4, -0.2) is 29.3 Å². The SMILES string of the molecule is CC(C)(C)c1cc(CCC(=O)NCCCCO)ccc1O. The van der Waals surface area contributed by atoms with Crippen molar-refractivity contribution in [2.75, 3.05) is 13.2 Å². The average molecular weight is 293 g/mol. The molecule has 4 heteroatoms. The lowest BCUT2D eigenvalue weighted by molar-refractivity contribution is -0.121. The molecule has 1 aromatic rings. The van der Waals surface area contributed by atoms with E-state index in [-0.39, 0.29) is 17.9 Å². The van der Waals surface area contributed by atoms with Crippen LogP contribution in [0.25, 0.3) is 0 Å². The summed E-state index contributed by atoms with van der Waals surface area (Å²) in [6.45, 7) is 6.94. The highest BCUT2D eigenvalue weighted by atomic mass is 16.3. The largest absolute Gasteiger partial charge is 0.508 e. The van der Waals surface area contributed by atoms with Gasteiger partial charge in [-0.3, -0.25) is 4.79 Å². The fourth-order valence-corrected chi connectivity index (χ4v) is 2.15. The van der Waals surface area contributed by atoms with E-state index in [1.54, 1.807) is 6.07 Å². The highest BCUT2D eigenvalue weighted by molar-refractivity contribution is 5.76. The smallest absolute Gasteiger partial charge is 0.220 e. The van der Waals surface area contributed by atoms with E-state index < -0.39 is 0 Å². The predicted octanol–water partition coefficient (Wildman–Crippen LogP) is 2.51. The van der Waals surface area contributed by atoms with Crippen molar-refractivity contribution in [3.8, 4) is 5.75 Å². The van der Waals surface area contributed by atoms with Gasteiger partial charge in [0.15, 0.2) is 0 Å². The molecular weight excluding hydrogens is 266 g/mol. The number of carbonyl (C=O) groups is 1. The van der Waals surface area contributed by atoms with Crippen LogP contribution in [0.3, 0.4) is 0 Å². The van der Waals surface area contributed by atoms with Crippen molar-refractivity contribution in [2.24, 2.45) is 0 Å². The van der Waals surface area contributed by atoms with Gasteiger partial charge in [0.05, 0.1) is 0 Å². The molecule has 0 aliphatic rings. The predicted molar refractivity (Wildman–Crippen MR) is 84.5 cm³/mol. The third-order valence-electron chi connectivity index (χ3n) is 3.42. The molecule has 0 bridgehead atoms. The summed E-state index contributed by atoms with van der Waals surface area (Å²) in [5.74, 6) is 0.332. The van der Waals surface area contributed by atoms with E-state index in [0.29, 0.717) is 31.6 Å². The number of phenolic OH excluding ortho intramolecular Hbond substituents is 1. The monoisotopic (exact) mass is 293 g/mol. The number of aromatic hydroxyl groups is 1. The van der Waals surface area contributed by atoms with E-state index in [1.165, 1.54) is 0 Å². The number of rotatable bonds is 7. The number of phenols is 1. The molecule has 0 aliphatic carbocycles. The Labute approximate surface area is 127 Å². The fraction of sp³-hybridized carbons (Fsp3) is 0.588. The van der Waals surface area contributed by atoms with Crippen LogP contribution in [0.4, 0.5) is 0 Å². The molecule has 0 radical (unpaired) electrons. The number of aliphatic hydroxyl groups is 1. The number of unbranched alkanes of at least 4 members (excludes halogenated alkanes) is 1. The van der Waals surface area contributed by atoms with E-state index in [1.807, 2.05) is 12.1 Å². The van der Waals surface area contributed by atoms with Gasteiger partial charge in [0.1, 0.15) is 5.75 Å². The van der Waals surface area contributed by atoms with Crippen molar-refractivity contribution in [3.05, 3.63) is 29.3 Å². The zero-order valence-electron chi connectivity index (χ0n) is 13.3. The number of hydrogen-bond acceptors (Lipinski definition) is 3. The first-order chi connectivity index (χ1) is 9.84. The van der Waals surface area contributed by atoms with Gasteiger partial charge in [0.2, 0.25) is 5.91 Å². The fourth-order valence-electron chi connectivity index (χ4n) is 2.15. The van der Waals surface area contributed by atoms with Gasteiger partial charge >= 0.3 is 0 Å². The minimum Gasteiger partial charge on any atom is -0.508 e. The lowest BCUT2D eigenvalue weighted by Crippen LogP contribution is -2.24. The normalized spacial score (nSPS) is 11.4. The van der Waals surface area contributed by atoms with Gasteiger partial charge in [0.25, 0.3) is 0 Å². The van der Waals surface area contributed by atoms with Crippen molar-refractivity contribution < 1.29 is 15.0 Å². The van der Waals surface area contributed by atoms with Crippen molar-refractivity contribution in [2.45, 2.75) is 51.9 Å². The summed E-state index contributed by atoms with van der Waals surface area (Å²) in [5, 5.41) is 21.4. The van der Waals surface area contributed by atoms with Crippen molar-refractivity contribution in [1.29, 1.82) is 0 Å². The third kappa shape index (κ3) is 6.17. The van der Waals surface area contributed by atoms with E-state index >= 15 is 0 Å². The number of carbonyl (C=O) groups excluding carboxylic acids is 1. The zero-order chi connectivity index (χ0) is 15.9. The van der Waals surface area contributed by atoms with Crippen molar-refractivity contribution >= 4 is 5.91 Å². The molecule has 0 aromatic heterocycles. The molecule has 1 rings (SSSR count). The van der Waals surface area contributed by atoms with E-state index in [4.69, 9.17) is 5.11 Å². The summed E-state index contributed by atoms with van der Waals surface area (Å²) in [4.78, 5) is 11.7. The second kappa shape index (κ2) is 8.03. The Morgan fingerprint density at radius 1 is 1.24 bits per heavy atom. The quantitative estimate of drug-likeness (QED) is 0.677. The minimum absolute atomic E-state index is 0.0262. The summed E-state index contributed by atoms with van der Waals surface area (Å²) in [6, 6.07) is 5.55. The first kappa shape index (κ1) is 17.5. The van der Waals surface area contributed by atoms with Crippen LogP contribution >= 0.6 is 0 Å². The van der Waals surface area contributed by atoms with Gasteiger partial charge in [-0.25, -0.2) is 0 Å². The molecule has 0 fully saturated rings. The summed E-state index contributed by atoms with van der Waals surface area (Å²) in [6.07, 6.45) is 2.62. The summed E-state index contributed by atoms with van der Waals surface area (Å²) in [5.41, 5.74) is 1.85. The highest BCUT2D eigenvalue weighted by Gasteiger charge is 2.18. The molecule has 0 atom stereocenters. The Hall–Kier alpha value is -1.55. The Balaban J connectivity index is 2.51. The molecule has 3 N–H and O–H groups in total. The maximum Gasteiger partial charge on any atom is 0.220 e. The second-order valence-corrected chi connectivity index (χ2v) is 6.38. The first-order valence-corrected chi connectivity index (χ1v) is 7.54. The van der Waals surface area contributed by atoms with E-state index in [0.717, 1.165) is 17.5 Å². The molecule has 21 heavy (non-hydrogen) atoms. The number of nitrogens with one attached hydrogen (secondary N) is 1. The highest BCUT2D eigenvalue weighted by Crippen LogP contribution is 2.31. The standard InChI is InChI=1S/C17H27NO3/c1-17(2,3)14-12-13(6-8-15(14)20)7-9-16(21)18-10-4-5-11-19/h6,8,12,19-20H,4-5,7,9-11H2,1-3H3,(H,18,21). The molecule has 4 nitrogen and oxygen atoms in total. The second-order valence-electron chi connectivity index (χ2n) is 6.38. The van der Waals surface area contributed by atoms with Crippen LogP contribution in [0.5, 0.6) is 5.75 Å². The van der Waals surface area contributed by atoms with Crippen LogP contribution in [0, 0.1) is 0 Å². The number of aryl methyl sites for hydroxylation is 1. The van der Waals surface area contributed by atoms with Crippen molar-refractivity contribution in [1.82, 2.24) is 5.32 Å². The van der Waals surface area contributed by atoms with E-state index in [9.17, 15) is 9.90 Å². The minimum atomic E-state index is -0.118. The number of hydrogen-bond donors (Lipinski definition) is 3. The van der Waals surface area contributed by atoms with Gasteiger partial charge in [0, 0.05) is 19.6 Å². The topological polar surface area (TPSA) is 69.6 Å². The van der Waals surface area contributed by atoms with Crippen LogP contribution in [-0.2, 0) is 16.6 Å². The molecule has 0 spiro atoms. The lowest BCUT2D eigenvalue weighted by Gasteiger charge is -2.21. The van der Waals surface area contributed by atoms with Crippen LogP contribution in [0.2, 0.25) is 0 Å². The molecule has 118 valence electrons. The molecule has 0 saturated heterocycles. The first-order valence-electron chi connectivity index (χ1n) is 7.54. The van der Waals surface area contributed by atoms with Gasteiger partial charge in [-0.1, -0.05) is 32.9 Å². The Bertz CT molecular complexity index is 464. The number of amides is 1. The molecule has 0 aliphatic heterocycles. The molecular formula is C17H27NO3. The van der Waals surface area contributed by atoms with Gasteiger partial charge in [-0.05, 0) is 41.9 Å². The maximum atomic E-state index is 11.7. The summed E-state index contributed by atoms with van der Waals surface area (Å²) in [7, 11) is 0. The molecule has 0 saturated carbocycles. The van der Waals surface area contributed by atoms with Gasteiger partial charge in [-0.2, -0.15) is 0 Å². The molecule has 0 heterocycles. The Kier molecular flexibility index (Phi) is 6.69.